The minimum absolute atomic E-state index is 0.175. The number of carboxylic acid groups (broad SMARTS) is 1. The Bertz CT molecular complexity index is 678. The van der Waals surface area contributed by atoms with Crippen LogP contribution in [-0.2, 0) is 17.4 Å². The topological polar surface area (TPSA) is 37.3 Å². The van der Waals surface area contributed by atoms with E-state index in [0.29, 0.717) is 0 Å². The maximum Gasteiger partial charge on any atom is 0.417 e. The number of benzene rings is 2. The van der Waals surface area contributed by atoms with Crippen molar-refractivity contribution in [2.75, 3.05) is 0 Å². The average molecular weight is 298 g/mol. The Labute approximate surface area is 117 Å². The lowest BCUT2D eigenvalue weighted by atomic mass is 9.95. The smallest absolute Gasteiger partial charge is 0.417 e. The zero-order valence-corrected chi connectivity index (χ0v) is 10.6. The molecule has 0 aliphatic rings. The number of carboxylic acids is 1. The molecule has 1 N–H and O–H groups in total. The zero-order valence-electron chi connectivity index (χ0n) is 10.6. The van der Waals surface area contributed by atoms with Crippen molar-refractivity contribution in [3.63, 3.8) is 0 Å². The van der Waals surface area contributed by atoms with Gasteiger partial charge in [0.25, 0.3) is 0 Å². The number of rotatable bonds is 3. The molecule has 0 saturated carbocycles. The van der Waals surface area contributed by atoms with Crippen LogP contribution >= 0.6 is 0 Å². The summed E-state index contributed by atoms with van der Waals surface area (Å²) in [7, 11) is 0. The van der Waals surface area contributed by atoms with Crippen LogP contribution in [0.5, 0.6) is 0 Å². The van der Waals surface area contributed by atoms with Gasteiger partial charge >= 0.3 is 12.1 Å². The lowest BCUT2D eigenvalue weighted by molar-refractivity contribution is -0.137. The number of hydrogen-bond acceptors (Lipinski definition) is 1. The van der Waals surface area contributed by atoms with E-state index in [1.165, 1.54) is 18.2 Å². The highest BCUT2D eigenvalue weighted by atomic mass is 19.4. The van der Waals surface area contributed by atoms with E-state index < -0.39 is 29.9 Å². The SMILES string of the molecule is O=C(O)Cc1ccc(C(F)(F)F)c(-c2ccccc2F)c1. The summed E-state index contributed by atoms with van der Waals surface area (Å²) in [5.41, 5.74) is -1.40. The fourth-order valence-electron chi connectivity index (χ4n) is 2.03. The number of alkyl halides is 3. The third kappa shape index (κ3) is 3.39. The van der Waals surface area contributed by atoms with Gasteiger partial charge in [0.05, 0.1) is 12.0 Å². The first-order valence-electron chi connectivity index (χ1n) is 5.96. The molecule has 0 spiro atoms. The highest BCUT2D eigenvalue weighted by Crippen LogP contribution is 2.38. The second-order valence-electron chi connectivity index (χ2n) is 4.43. The maximum absolute atomic E-state index is 13.8. The van der Waals surface area contributed by atoms with Crippen LogP contribution in [-0.4, -0.2) is 11.1 Å². The van der Waals surface area contributed by atoms with E-state index >= 15 is 0 Å². The second-order valence-corrected chi connectivity index (χ2v) is 4.43. The van der Waals surface area contributed by atoms with Gasteiger partial charge in [-0.3, -0.25) is 4.79 Å². The fourth-order valence-corrected chi connectivity index (χ4v) is 2.03. The molecule has 2 aromatic rings. The summed E-state index contributed by atoms with van der Waals surface area (Å²) in [5.74, 6) is -1.97. The quantitative estimate of drug-likeness (QED) is 0.865. The summed E-state index contributed by atoms with van der Waals surface area (Å²) < 4.78 is 52.8. The molecule has 21 heavy (non-hydrogen) atoms. The molecule has 2 rings (SSSR count). The van der Waals surface area contributed by atoms with Crippen LogP contribution in [0.25, 0.3) is 11.1 Å². The fraction of sp³-hybridized carbons (Fsp3) is 0.133. The first kappa shape index (κ1) is 15.0. The first-order chi connectivity index (χ1) is 9.79. The molecule has 2 nitrogen and oxygen atoms in total. The van der Waals surface area contributed by atoms with Crippen LogP contribution in [0.3, 0.4) is 0 Å². The van der Waals surface area contributed by atoms with E-state index in [1.54, 1.807) is 0 Å². The van der Waals surface area contributed by atoms with E-state index in [4.69, 9.17) is 5.11 Å². The van der Waals surface area contributed by atoms with Crippen LogP contribution in [0.1, 0.15) is 11.1 Å². The lowest BCUT2D eigenvalue weighted by Gasteiger charge is -2.15. The van der Waals surface area contributed by atoms with Gasteiger partial charge < -0.3 is 5.11 Å². The highest BCUT2D eigenvalue weighted by molar-refractivity contribution is 5.74. The maximum atomic E-state index is 13.8. The van der Waals surface area contributed by atoms with Crippen molar-refractivity contribution in [2.45, 2.75) is 12.6 Å². The summed E-state index contributed by atoms with van der Waals surface area (Å²) in [6.07, 6.45) is -5.08. The van der Waals surface area contributed by atoms with Crippen LogP contribution in [0.15, 0.2) is 42.5 Å². The molecule has 0 bridgehead atoms. The summed E-state index contributed by atoms with van der Waals surface area (Å²) in [5, 5.41) is 8.72. The van der Waals surface area contributed by atoms with E-state index in [2.05, 4.69) is 0 Å². The summed E-state index contributed by atoms with van der Waals surface area (Å²) in [6, 6.07) is 8.00. The van der Waals surface area contributed by atoms with Crippen molar-refractivity contribution in [1.29, 1.82) is 0 Å². The zero-order chi connectivity index (χ0) is 15.6. The Morgan fingerprint density at radius 2 is 1.71 bits per heavy atom. The van der Waals surface area contributed by atoms with Crippen molar-refractivity contribution in [3.8, 4) is 11.1 Å². The largest absolute Gasteiger partial charge is 0.481 e. The summed E-state index contributed by atoms with van der Waals surface area (Å²) in [4.78, 5) is 10.7. The van der Waals surface area contributed by atoms with Gasteiger partial charge in [-0.25, -0.2) is 4.39 Å². The molecular weight excluding hydrogens is 288 g/mol. The number of hydrogen-bond donors (Lipinski definition) is 1. The molecule has 0 unspecified atom stereocenters. The molecule has 0 atom stereocenters. The Kier molecular flexibility index (Phi) is 3.97. The van der Waals surface area contributed by atoms with Gasteiger partial charge in [-0.15, -0.1) is 0 Å². The van der Waals surface area contributed by atoms with Crippen molar-refractivity contribution in [1.82, 2.24) is 0 Å². The predicted octanol–water partition coefficient (Wildman–Crippen LogP) is 4.14. The predicted molar refractivity (Wildman–Crippen MR) is 68.2 cm³/mol. The molecule has 0 aromatic heterocycles. The van der Waals surface area contributed by atoms with Gasteiger partial charge in [0.2, 0.25) is 0 Å². The molecule has 0 heterocycles. The molecule has 0 fully saturated rings. The standard InChI is InChI=1S/C15H10F4O2/c16-13-4-2-1-3-10(13)11-7-9(8-14(20)21)5-6-12(11)15(17,18)19/h1-7H,8H2,(H,20,21). The Morgan fingerprint density at radius 3 is 2.29 bits per heavy atom. The van der Waals surface area contributed by atoms with Crippen LogP contribution in [0.2, 0.25) is 0 Å². The van der Waals surface area contributed by atoms with E-state index in [-0.39, 0.29) is 16.7 Å². The first-order valence-corrected chi connectivity index (χ1v) is 5.96. The third-order valence-electron chi connectivity index (χ3n) is 2.91. The summed E-state index contributed by atoms with van der Waals surface area (Å²) >= 11 is 0. The molecule has 0 amide bonds. The van der Waals surface area contributed by atoms with Gasteiger partial charge in [0.1, 0.15) is 5.82 Å². The highest BCUT2D eigenvalue weighted by Gasteiger charge is 2.34. The van der Waals surface area contributed by atoms with Gasteiger partial charge in [-0.2, -0.15) is 13.2 Å². The van der Waals surface area contributed by atoms with Crippen LogP contribution in [0, 0.1) is 5.82 Å². The molecular formula is C15H10F4O2. The lowest BCUT2D eigenvalue weighted by Crippen LogP contribution is -2.09. The van der Waals surface area contributed by atoms with Gasteiger partial charge in [-0.05, 0) is 29.3 Å². The monoisotopic (exact) mass is 298 g/mol. The van der Waals surface area contributed by atoms with E-state index in [0.717, 1.165) is 24.3 Å². The molecule has 2 aromatic carbocycles. The number of aliphatic carboxylic acids is 1. The average Bonchev–Trinajstić information content (AvgIpc) is 2.37. The molecule has 0 aliphatic carbocycles. The molecule has 110 valence electrons. The van der Waals surface area contributed by atoms with Gasteiger partial charge in [0, 0.05) is 5.56 Å². The Morgan fingerprint density at radius 1 is 1.05 bits per heavy atom. The van der Waals surface area contributed by atoms with Gasteiger partial charge in [-0.1, -0.05) is 24.3 Å². The van der Waals surface area contributed by atoms with Crippen LogP contribution in [0.4, 0.5) is 17.6 Å². The van der Waals surface area contributed by atoms with E-state index in [9.17, 15) is 22.4 Å². The minimum atomic E-state index is -4.65. The van der Waals surface area contributed by atoms with Crippen molar-refractivity contribution < 1.29 is 27.5 Å². The molecule has 0 radical (unpaired) electrons. The van der Waals surface area contributed by atoms with E-state index in [1.807, 2.05) is 0 Å². The second kappa shape index (κ2) is 5.55. The summed E-state index contributed by atoms with van der Waals surface area (Å²) in [6.45, 7) is 0. The third-order valence-corrected chi connectivity index (χ3v) is 2.91. The molecule has 6 heteroatoms. The Hall–Kier alpha value is -2.37. The van der Waals surface area contributed by atoms with Crippen molar-refractivity contribution in [3.05, 3.63) is 59.4 Å². The molecule has 0 saturated heterocycles. The normalized spacial score (nSPS) is 11.4. The van der Waals surface area contributed by atoms with Crippen molar-refractivity contribution >= 4 is 5.97 Å². The Balaban J connectivity index is 2.64. The van der Waals surface area contributed by atoms with Crippen molar-refractivity contribution in [2.24, 2.45) is 0 Å². The van der Waals surface area contributed by atoms with Gasteiger partial charge in [0.15, 0.2) is 0 Å². The molecule has 0 aliphatic heterocycles. The number of carbonyl (C=O) groups is 1. The van der Waals surface area contributed by atoms with Crippen LogP contribution < -0.4 is 0 Å². The number of halogens is 4. The minimum Gasteiger partial charge on any atom is -0.481 e.